The van der Waals surface area contributed by atoms with Gasteiger partial charge in [0, 0.05) is 6.08 Å². The van der Waals surface area contributed by atoms with Gasteiger partial charge in [-0.3, -0.25) is 15.6 Å². The van der Waals surface area contributed by atoms with Crippen LogP contribution >= 0.6 is 0 Å². The van der Waals surface area contributed by atoms with Crippen molar-refractivity contribution >= 4 is 17.7 Å². The highest BCUT2D eigenvalue weighted by atomic mass is 19.3. The molecular formula is C16H9F7N2O2. The van der Waals surface area contributed by atoms with E-state index in [1.807, 2.05) is 0 Å². The number of carbonyl (C=O) groups excluding carboxylic acids is 1. The molecule has 2 aromatic carbocycles. The Morgan fingerprint density at radius 2 is 1.41 bits per heavy atom. The van der Waals surface area contributed by atoms with Gasteiger partial charge in [0.25, 0.3) is 5.91 Å². The Bertz CT molecular complexity index is 841. The number of halogens is 7. The Kier molecular flexibility index (Phi) is 6.27. The first-order valence-electron chi connectivity index (χ1n) is 7.01. The van der Waals surface area contributed by atoms with Crippen LogP contribution in [-0.2, 0) is 4.79 Å². The summed E-state index contributed by atoms with van der Waals surface area (Å²) in [7, 11) is 0. The Hall–Kier alpha value is -3.24. The summed E-state index contributed by atoms with van der Waals surface area (Å²) in [4.78, 5) is 11.6. The molecule has 0 saturated heterocycles. The molecule has 0 aliphatic carbocycles. The number of hydrogen-bond donors (Lipinski definition) is 2. The molecule has 0 radical (unpaired) electrons. The number of nitrogens with one attached hydrogen (secondary N) is 2. The molecular weight excluding hydrogens is 385 g/mol. The summed E-state index contributed by atoms with van der Waals surface area (Å²) in [5.41, 5.74) is 2.28. The van der Waals surface area contributed by atoms with Crippen molar-refractivity contribution in [1.29, 1.82) is 0 Å². The lowest BCUT2D eigenvalue weighted by molar-refractivity contribution is -0.116. The highest BCUT2D eigenvalue weighted by Crippen LogP contribution is 2.26. The average molecular weight is 394 g/mol. The number of hydrogen-bond acceptors (Lipinski definition) is 3. The molecule has 0 atom stereocenters. The third-order valence-electron chi connectivity index (χ3n) is 3.05. The van der Waals surface area contributed by atoms with Crippen molar-refractivity contribution in [3.63, 3.8) is 0 Å². The van der Waals surface area contributed by atoms with E-state index in [-0.39, 0.29) is 5.75 Å². The fourth-order valence-corrected chi connectivity index (χ4v) is 1.81. The Labute approximate surface area is 147 Å². The lowest BCUT2D eigenvalue weighted by atomic mass is 10.2. The molecule has 2 rings (SSSR count). The normalized spacial score (nSPS) is 11.1. The number of ether oxygens (including phenoxy) is 1. The number of amides is 1. The maximum absolute atomic E-state index is 13.4. The van der Waals surface area contributed by atoms with E-state index in [1.165, 1.54) is 30.3 Å². The number of anilines is 1. The van der Waals surface area contributed by atoms with Crippen molar-refractivity contribution in [2.24, 2.45) is 0 Å². The highest BCUT2D eigenvalue weighted by molar-refractivity contribution is 5.92. The van der Waals surface area contributed by atoms with Crippen molar-refractivity contribution in [3.8, 4) is 5.75 Å². The van der Waals surface area contributed by atoms with E-state index in [1.54, 1.807) is 10.9 Å². The van der Waals surface area contributed by atoms with Gasteiger partial charge in [-0.1, -0.05) is 12.1 Å². The van der Waals surface area contributed by atoms with Gasteiger partial charge in [-0.15, -0.1) is 0 Å². The standard InChI is InChI=1S/C16H9F7N2O2/c17-10-11(18)13(20)15(14(21)12(10)19)25-24-9(26)6-3-7-1-4-8(5-2-7)27-16(22)23/h1-6,16,25H,(H,24,26). The van der Waals surface area contributed by atoms with E-state index < -0.39 is 47.3 Å². The molecule has 0 fully saturated rings. The highest BCUT2D eigenvalue weighted by Gasteiger charge is 2.25. The number of alkyl halides is 2. The monoisotopic (exact) mass is 394 g/mol. The molecule has 0 aromatic heterocycles. The SMILES string of the molecule is O=C(C=Cc1ccc(OC(F)F)cc1)NNc1c(F)c(F)c(F)c(F)c1F. The molecule has 0 bridgehead atoms. The molecule has 0 aliphatic rings. The van der Waals surface area contributed by atoms with Crippen LogP contribution in [0.25, 0.3) is 6.08 Å². The summed E-state index contributed by atoms with van der Waals surface area (Å²) >= 11 is 0. The zero-order valence-corrected chi connectivity index (χ0v) is 13.0. The first-order valence-corrected chi connectivity index (χ1v) is 7.01. The van der Waals surface area contributed by atoms with Gasteiger partial charge in [0.1, 0.15) is 11.4 Å². The number of benzene rings is 2. The summed E-state index contributed by atoms with van der Waals surface area (Å²) in [6, 6.07) is 5.07. The van der Waals surface area contributed by atoms with Crippen molar-refractivity contribution in [3.05, 3.63) is 65.0 Å². The fourth-order valence-electron chi connectivity index (χ4n) is 1.81. The Morgan fingerprint density at radius 1 is 0.889 bits per heavy atom. The molecule has 144 valence electrons. The minimum atomic E-state index is -3.00. The second kappa shape index (κ2) is 8.43. The van der Waals surface area contributed by atoms with E-state index in [9.17, 15) is 35.5 Å². The maximum Gasteiger partial charge on any atom is 0.387 e. The summed E-state index contributed by atoms with van der Waals surface area (Å²) in [6.07, 6.45) is 2.06. The molecule has 1 amide bonds. The van der Waals surface area contributed by atoms with Gasteiger partial charge < -0.3 is 4.74 Å². The minimum Gasteiger partial charge on any atom is -0.435 e. The number of hydrazine groups is 1. The zero-order valence-electron chi connectivity index (χ0n) is 13.0. The van der Waals surface area contributed by atoms with Crippen molar-refractivity contribution in [1.82, 2.24) is 5.43 Å². The summed E-state index contributed by atoms with van der Waals surface area (Å²) in [5.74, 6) is -12.1. The van der Waals surface area contributed by atoms with Gasteiger partial charge in [0.2, 0.25) is 5.82 Å². The molecule has 0 aliphatic heterocycles. The van der Waals surface area contributed by atoms with Crippen LogP contribution in [0.15, 0.2) is 30.3 Å². The van der Waals surface area contributed by atoms with Crippen molar-refractivity contribution in [2.45, 2.75) is 6.61 Å². The van der Waals surface area contributed by atoms with Gasteiger partial charge in [-0.05, 0) is 23.8 Å². The van der Waals surface area contributed by atoms with Crippen LogP contribution < -0.4 is 15.6 Å². The first kappa shape index (κ1) is 20.1. The van der Waals surface area contributed by atoms with Crippen molar-refractivity contribution in [2.75, 3.05) is 5.43 Å². The van der Waals surface area contributed by atoms with E-state index >= 15 is 0 Å². The van der Waals surface area contributed by atoms with Gasteiger partial charge in [0.05, 0.1) is 0 Å². The Balaban J connectivity index is 2.02. The van der Waals surface area contributed by atoms with Gasteiger partial charge in [0.15, 0.2) is 23.3 Å². The number of rotatable bonds is 6. The summed E-state index contributed by atoms with van der Waals surface area (Å²) in [5, 5.41) is 0. The average Bonchev–Trinajstić information content (AvgIpc) is 2.63. The fraction of sp³-hybridized carbons (Fsp3) is 0.0625. The van der Waals surface area contributed by atoms with E-state index in [0.717, 1.165) is 6.08 Å². The van der Waals surface area contributed by atoms with Crippen LogP contribution in [-0.4, -0.2) is 12.5 Å². The summed E-state index contributed by atoms with van der Waals surface area (Å²) in [6.45, 7) is -3.00. The second-order valence-corrected chi connectivity index (χ2v) is 4.84. The third-order valence-corrected chi connectivity index (χ3v) is 3.05. The quantitative estimate of drug-likeness (QED) is 0.255. The molecule has 4 nitrogen and oxygen atoms in total. The lowest BCUT2D eigenvalue weighted by Crippen LogP contribution is -2.29. The van der Waals surface area contributed by atoms with Gasteiger partial charge in [-0.25, -0.2) is 22.0 Å². The van der Waals surface area contributed by atoms with Crippen molar-refractivity contribution < 1.29 is 40.3 Å². The first-order chi connectivity index (χ1) is 12.7. The minimum absolute atomic E-state index is 0.111. The second-order valence-electron chi connectivity index (χ2n) is 4.84. The van der Waals surface area contributed by atoms with E-state index in [2.05, 4.69) is 4.74 Å². The Morgan fingerprint density at radius 3 is 1.93 bits per heavy atom. The summed E-state index contributed by atoms with van der Waals surface area (Å²) < 4.78 is 93.9. The van der Waals surface area contributed by atoms with E-state index in [4.69, 9.17) is 0 Å². The van der Waals surface area contributed by atoms with Crippen LogP contribution in [0.4, 0.5) is 36.4 Å². The zero-order chi connectivity index (χ0) is 20.1. The smallest absolute Gasteiger partial charge is 0.387 e. The molecule has 11 heteroatoms. The molecule has 0 spiro atoms. The van der Waals surface area contributed by atoms with Crippen LogP contribution in [0.2, 0.25) is 0 Å². The van der Waals surface area contributed by atoms with E-state index in [0.29, 0.717) is 5.56 Å². The largest absolute Gasteiger partial charge is 0.435 e. The van der Waals surface area contributed by atoms with Gasteiger partial charge >= 0.3 is 6.61 Å². The number of carbonyl (C=O) groups is 1. The van der Waals surface area contributed by atoms with Crippen LogP contribution in [0.1, 0.15) is 5.56 Å². The van der Waals surface area contributed by atoms with Crippen LogP contribution in [0.5, 0.6) is 5.75 Å². The predicted octanol–water partition coefficient (Wildman–Crippen LogP) is 4.14. The topological polar surface area (TPSA) is 50.4 Å². The molecule has 0 unspecified atom stereocenters. The molecule has 2 aromatic rings. The predicted molar refractivity (Wildman–Crippen MR) is 80.1 cm³/mol. The third kappa shape index (κ3) is 4.90. The maximum atomic E-state index is 13.4. The van der Waals surface area contributed by atoms with Crippen LogP contribution in [0.3, 0.4) is 0 Å². The lowest BCUT2D eigenvalue weighted by Gasteiger charge is -2.10. The molecule has 27 heavy (non-hydrogen) atoms. The van der Waals surface area contributed by atoms with Crippen LogP contribution in [0, 0.1) is 29.1 Å². The molecule has 0 heterocycles. The molecule has 0 saturated carbocycles. The van der Waals surface area contributed by atoms with Gasteiger partial charge in [-0.2, -0.15) is 8.78 Å². The molecule has 2 N–H and O–H groups in total.